The van der Waals surface area contributed by atoms with Crippen LogP contribution in [0.3, 0.4) is 0 Å². The number of rotatable bonds is 6. The number of nitrogens with zero attached hydrogens (tertiary/aromatic N) is 6. The number of anilines is 3. The molecule has 0 unspecified atom stereocenters. The summed E-state index contributed by atoms with van der Waals surface area (Å²) in [6.45, 7) is 5.92. The molecule has 5 rings (SSSR count). The maximum absolute atomic E-state index is 13.0. The zero-order valence-corrected chi connectivity index (χ0v) is 25.5. The lowest BCUT2D eigenvalue weighted by molar-refractivity contribution is -0.137. The molecule has 1 saturated heterocycles. The zero-order chi connectivity index (χ0) is 31.8. The number of pyridine rings is 1. The van der Waals surface area contributed by atoms with Crippen LogP contribution in [-0.4, -0.2) is 51.5 Å². The van der Waals surface area contributed by atoms with Gasteiger partial charge in [0, 0.05) is 43.4 Å². The molecule has 2 aromatic carbocycles. The number of carbonyl (C=O) groups is 2. The first-order valence-electron chi connectivity index (χ1n) is 13.7. The summed E-state index contributed by atoms with van der Waals surface area (Å²) in [7, 11) is 3.85. The van der Waals surface area contributed by atoms with Gasteiger partial charge in [-0.05, 0) is 60.4 Å². The number of alkyl halides is 3. The van der Waals surface area contributed by atoms with Crippen molar-refractivity contribution in [3.63, 3.8) is 0 Å². The first kappa shape index (κ1) is 30.8. The molecule has 0 radical (unpaired) electrons. The molecule has 1 aliphatic rings. The molecular formula is C31H30F3N7O2S. The summed E-state index contributed by atoms with van der Waals surface area (Å²) in [6, 6.07) is 12.9. The number of thioether (sulfide) groups is 1. The van der Waals surface area contributed by atoms with E-state index < -0.39 is 17.8 Å². The highest BCUT2D eigenvalue weighted by Crippen LogP contribution is 2.36. The smallest absolute Gasteiger partial charge is 0.378 e. The van der Waals surface area contributed by atoms with Gasteiger partial charge in [0.05, 0.1) is 22.7 Å². The average molecular weight is 622 g/mol. The predicted molar refractivity (Wildman–Crippen MR) is 168 cm³/mol. The van der Waals surface area contributed by atoms with Crippen molar-refractivity contribution in [2.24, 2.45) is 4.99 Å². The van der Waals surface area contributed by atoms with Crippen LogP contribution in [0.1, 0.15) is 36.5 Å². The second kappa shape index (κ2) is 12.2. The van der Waals surface area contributed by atoms with Crippen LogP contribution in [0.15, 0.2) is 72.2 Å². The van der Waals surface area contributed by atoms with E-state index in [1.54, 1.807) is 18.3 Å². The highest BCUT2D eigenvalue weighted by molar-refractivity contribution is 8.15. The number of hydrogen-bond acceptors (Lipinski definition) is 6. The van der Waals surface area contributed by atoms with Crippen molar-refractivity contribution >= 4 is 45.9 Å². The van der Waals surface area contributed by atoms with Gasteiger partial charge in [-0.15, -0.1) is 0 Å². The number of urea groups is 1. The molecule has 9 nitrogen and oxygen atoms in total. The quantitative estimate of drug-likeness (QED) is 0.246. The number of aromatic nitrogens is 3. The lowest BCUT2D eigenvalue weighted by Gasteiger charge is -2.24. The molecule has 0 aliphatic carbocycles. The molecular weight excluding hydrogens is 591 g/mol. The van der Waals surface area contributed by atoms with E-state index >= 15 is 0 Å². The maximum Gasteiger partial charge on any atom is 0.417 e. The van der Waals surface area contributed by atoms with Crippen LogP contribution in [-0.2, 0) is 11.0 Å². The van der Waals surface area contributed by atoms with Gasteiger partial charge in [0.2, 0.25) is 5.91 Å². The number of nitrogens with one attached hydrogen (secondary N) is 1. The predicted octanol–water partition coefficient (Wildman–Crippen LogP) is 7.12. The number of carbonyl (C=O) groups excluding carboxylic acids is 2. The number of aliphatic imine (C=N–C) groups is 1. The van der Waals surface area contributed by atoms with E-state index in [2.05, 4.69) is 20.3 Å². The Morgan fingerprint density at radius 3 is 2.50 bits per heavy atom. The highest BCUT2D eigenvalue weighted by Gasteiger charge is 2.33. The molecule has 3 amide bonds. The Morgan fingerprint density at radius 1 is 1.09 bits per heavy atom. The summed E-state index contributed by atoms with van der Waals surface area (Å²) in [6.07, 6.45) is -0.553. The molecule has 1 aliphatic heterocycles. The van der Waals surface area contributed by atoms with Gasteiger partial charge in [-0.2, -0.15) is 18.2 Å². The Kier molecular flexibility index (Phi) is 8.51. The monoisotopic (exact) mass is 621 g/mol. The van der Waals surface area contributed by atoms with Gasteiger partial charge in [-0.3, -0.25) is 14.3 Å². The van der Waals surface area contributed by atoms with Crippen LogP contribution in [0.5, 0.6) is 0 Å². The lowest BCUT2D eigenvalue weighted by Crippen LogP contribution is -2.31. The van der Waals surface area contributed by atoms with E-state index in [-0.39, 0.29) is 17.6 Å². The molecule has 228 valence electrons. The van der Waals surface area contributed by atoms with Crippen molar-refractivity contribution in [1.29, 1.82) is 0 Å². The molecule has 0 bridgehead atoms. The van der Waals surface area contributed by atoms with Crippen LogP contribution in [0.4, 0.5) is 35.0 Å². The van der Waals surface area contributed by atoms with E-state index in [4.69, 9.17) is 0 Å². The Bertz CT molecular complexity index is 1750. The third-order valence-corrected chi connectivity index (χ3v) is 7.97. The topological polar surface area (TPSA) is 95.7 Å². The minimum Gasteiger partial charge on any atom is -0.378 e. The first-order chi connectivity index (χ1) is 20.8. The number of imidazole rings is 1. The highest BCUT2D eigenvalue weighted by atomic mass is 32.2. The van der Waals surface area contributed by atoms with Crippen LogP contribution >= 0.6 is 11.8 Å². The van der Waals surface area contributed by atoms with E-state index in [1.165, 1.54) is 33.6 Å². The molecule has 0 saturated carbocycles. The van der Waals surface area contributed by atoms with Gasteiger partial charge < -0.3 is 10.2 Å². The number of aryl methyl sites for hydroxylation is 1. The molecule has 13 heteroatoms. The Labute approximate surface area is 256 Å². The molecule has 1 N–H and O–H groups in total. The van der Waals surface area contributed by atoms with Crippen LogP contribution in [0.25, 0.3) is 17.1 Å². The fourth-order valence-corrected chi connectivity index (χ4v) is 5.53. The van der Waals surface area contributed by atoms with Gasteiger partial charge in [0.25, 0.3) is 0 Å². The fourth-order valence-electron chi connectivity index (χ4n) is 4.67. The molecule has 0 spiro atoms. The molecule has 4 aromatic rings. The Morgan fingerprint density at radius 2 is 1.86 bits per heavy atom. The van der Waals surface area contributed by atoms with E-state index in [0.29, 0.717) is 28.1 Å². The third kappa shape index (κ3) is 6.47. The third-order valence-electron chi connectivity index (χ3n) is 7.04. The van der Waals surface area contributed by atoms with E-state index in [1.807, 2.05) is 64.0 Å². The number of amides is 3. The number of hydrogen-bond donors (Lipinski definition) is 1. The van der Waals surface area contributed by atoms with Gasteiger partial charge in [0.1, 0.15) is 12.1 Å². The molecule has 44 heavy (non-hydrogen) atoms. The standard InChI is InChI=1S/C31H30F3N7O2S/c1-18(2)23-9-8-22(39(4)5)13-26(23)41-28(42)16-44-30(41)38-29(43)37-24-10-6-20(12-19(24)3)25-15-40(17-36-25)27-11-7-21(14-35-27)31(32,33)34/h6-15,17-18H,16H2,1-5H3,(H,37,43)/b38-30-. The summed E-state index contributed by atoms with van der Waals surface area (Å²) in [5.74, 6) is 0.472. The second-order valence-corrected chi connectivity index (χ2v) is 11.7. The second-order valence-electron chi connectivity index (χ2n) is 10.7. The largest absolute Gasteiger partial charge is 0.417 e. The summed E-state index contributed by atoms with van der Waals surface area (Å²) >= 11 is 1.21. The zero-order valence-electron chi connectivity index (χ0n) is 24.7. The van der Waals surface area contributed by atoms with E-state index in [9.17, 15) is 22.8 Å². The van der Waals surface area contributed by atoms with Gasteiger partial charge in [-0.25, -0.2) is 14.8 Å². The summed E-state index contributed by atoms with van der Waals surface area (Å²) in [4.78, 5) is 42.0. The summed E-state index contributed by atoms with van der Waals surface area (Å²) in [5, 5.41) is 3.11. The van der Waals surface area contributed by atoms with Crippen molar-refractivity contribution in [2.75, 3.05) is 35.0 Å². The van der Waals surface area contributed by atoms with Crippen LogP contribution in [0, 0.1) is 6.92 Å². The molecule has 1 fully saturated rings. The van der Waals surface area contributed by atoms with Gasteiger partial charge in [-0.1, -0.05) is 37.7 Å². The normalized spacial score (nSPS) is 14.5. The minimum atomic E-state index is -4.46. The average Bonchev–Trinajstić information content (AvgIpc) is 3.60. The van der Waals surface area contributed by atoms with Crippen molar-refractivity contribution in [3.8, 4) is 17.1 Å². The van der Waals surface area contributed by atoms with Crippen molar-refractivity contribution in [2.45, 2.75) is 32.9 Å². The molecule has 2 aromatic heterocycles. The van der Waals surface area contributed by atoms with Crippen LogP contribution in [0.2, 0.25) is 0 Å². The van der Waals surface area contributed by atoms with Gasteiger partial charge >= 0.3 is 12.2 Å². The molecule has 0 atom stereocenters. The number of benzene rings is 2. The Hall–Kier alpha value is -4.65. The van der Waals surface area contributed by atoms with Crippen molar-refractivity contribution in [3.05, 3.63) is 83.9 Å². The van der Waals surface area contributed by atoms with Crippen molar-refractivity contribution < 1.29 is 22.8 Å². The number of halogens is 3. The minimum absolute atomic E-state index is 0.147. The number of amidine groups is 1. The van der Waals surface area contributed by atoms with Crippen LogP contribution < -0.4 is 15.1 Å². The SMILES string of the molecule is Cc1cc(-c2cn(-c3ccc(C(F)(F)F)cn3)cn2)ccc1NC(=O)/N=C1\SCC(=O)N1c1cc(N(C)C)ccc1C(C)C. The summed E-state index contributed by atoms with van der Waals surface area (Å²) in [5.41, 5.74) is 4.37. The van der Waals surface area contributed by atoms with E-state index in [0.717, 1.165) is 34.6 Å². The lowest BCUT2D eigenvalue weighted by atomic mass is 9.99. The van der Waals surface area contributed by atoms with Crippen molar-refractivity contribution in [1.82, 2.24) is 14.5 Å². The fraction of sp³-hybridized carbons (Fsp3) is 0.258. The van der Waals surface area contributed by atoms with Gasteiger partial charge in [0.15, 0.2) is 5.17 Å². The summed E-state index contributed by atoms with van der Waals surface area (Å²) < 4.78 is 40.1. The Balaban J connectivity index is 1.34. The molecule has 3 heterocycles. The first-order valence-corrected chi connectivity index (χ1v) is 14.7. The maximum atomic E-state index is 13.0.